The zero-order valence-corrected chi connectivity index (χ0v) is 15.4. The summed E-state index contributed by atoms with van der Waals surface area (Å²) >= 11 is 0. The van der Waals surface area contributed by atoms with E-state index in [0.717, 1.165) is 30.6 Å². The van der Waals surface area contributed by atoms with Gasteiger partial charge in [0.05, 0.1) is 19.8 Å². The van der Waals surface area contributed by atoms with E-state index in [-0.39, 0.29) is 18.0 Å². The van der Waals surface area contributed by atoms with Crippen molar-refractivity contribution in [2.45, 2.75) is 51.9 Å². The van der Waals surface area contributed by atoms with Gasteiger partial charge in [0.2, 0.25) is 0 Å². The van der Waals surface area contributed by atoms with Crippen molar-refractivity contribution in [2.75, 3.05) is 13.7 Å². The Bertz CT molecular complexity index is 597. The zero-order chi connectivity index (χ0) is 18.1. The number of hydrogen-bond donors (Lipinski definition) is 0. The summed E-state index contributed by atoms with van der Waals surface area (Å²) in [4.78, 5) is 12.1. The standard InChI is InChI=1S/C21H28O4/c1-16(2)5-4-6-20(22)21-12-11-19(25-21)13-14-24-15-17-7-9-18(23-3)10-8-17/h4-10,19,21H,11-15H2,1-3H3/b6-4+/t19-,21-/m1/s1. The fraction of sp³-hybridized carbons (Fsp3) is 0.476. The molecule has 2 atom stereocenters. The lowest BCUT2D eigenvalue weighted by molar-refractivity contribution is -0.125. The normalized spacial score (nSPS) is 20.0. The third-order valence-electron chi connectivity index (χ3n) is 4.13. The molecule has 1 fully saturated rings. The van der Waals surface area contributed by atoms with E-state index in [9.17, 15) is 4.79 Å². The number of methoxy groups -OCH3 is 1. The highest BCUT2D eigenvalue weighted by Crippen LogP contribution is 2.23. The Balaban J connectivity index is 1.64. The van der Waals surface area contributed by atoms with Gasteiger partial charge in [-0.15, -0.1) is 0 Å². The van der Waals surface area contributed by atoms with Crippen molar-refractivity contribution in [3.05, 3.63) is 53.6 Å². The number of benzene rings is 1. The molecule has 1 aromatic carbocycles. The van der Waals surface area contributed by atoms with E-state index < -0.39 is 0 Å². The van der Waals surface area contributed by atoms with Crippen LogP contribution in [0.5, 0.6) is 5.75 Å². The summed E-state index contributed by atoms with van der Waals surface area (Å²) in [6, 6.07) is 7.85. The molecule has 4 nitrogen and oxygen atoms in total. The van der Waals surface area contributed by atoms with Gasteiger partial charge in [-0.05, 0) is 56.9 Å². The summed E-state index contributed by atoms with van der Waals surface area (Å²) in [5.41, 5.74) is 2.29. The maximum atomic E-state index is 12.1. The van der Waals surface area contributed by atoms with Gasteiger partial charge < -0.3 is 14.2 Å². The summed E-state index contributed by atoms with van der Waals surface area (Å²) in [5, 5.41) is 0. The van der Waals surface area contributed by atoms with Crippen LogP contribution in [0.1, 0.15) is 38.7 Å². The van der Waals surface area contributed by atoms with Gasteiger partial charge in [-0.1, -0.05) is 29.9 Å². The van der Waals surface area contributed by atoms with Crippen LogP contribution >= 0.6 is 0 Å². The van der Waals surface area contributed by atoms with Gasteiger partial charge in [-0.2, -0.15) is 0 Å². The van der Waals surface area contributed by atoms with E-state index in [0.29, 0.717) is 13.2 Å². The first-order valence-corrected chi connectivity index (χ1v) is 8.80. The minimum atomic E-state index is -0.298. The van der Waals surface area contributed by atoms with Crippen molar-refractivity contribution >= 4 is 5.78 Å². The second-order valence-corrected chi connectivity index (χ2v) is 6.52. The van der Waals surface area contributed by atoms with Crippen molar-refractivity contribution in [3.8, 4) is 5.75 Å². The molecular formula is C21H28O4. The fourth-order valence-corrected chi connectivity index (χ4v) is 2.70. The van der Waals surface area contributed by atoms with Gasteiger partial charge in [-0.25, -0.2) is 0 Å². The molecule has 2 rings (SSSR count). The van der Waals surface area contributed by atoms with Gasteiger partial charge in [0.15, 0.2) is 5.78 Å². The number of hydrogen-bond acceptors (Lipinski definition) is 4. The van der Waals surface area contributed by atoms with Crippen LogP contribution in [0.4, 0.5) is 0 Å². The van der Waals surface area contributed by atoms with E-state index in [4.69, 9.17) is 14.2 Å². The number of carbonyl (C=O) groups is 1. The monoisotopic (exact) mass is 344 g/mol. The Morgan fingerprint density at radius 2 is 2.00 bits per heavy atom. The van der Waals surface area contributed by atoms with Gasteiger partial charge in [0, 0.05) is 6.61 Å². The smallest absolute Gasteiger partial charge is 0.184 e. The molecule has 0 aromatic heterocycles. The number of allylic oxidation sites excluding steroid dienone is 3. The first-order chi connectivity index (χ1) is 12.1. The Morgan fingerprint density at radius 1 is 1.24 bits per heavy atom. The molecule has 1 aromatic rings. The maximum absolute atomic E-state index is 12.1. The molecule has 1 heterocycles. The van der Waals surface area contributed by atoms with Crippen LogP contribution in [0.3, 0.4) is 0 Å². The zero-order valence-electron chi connectivity index (χ0n) is 15.4. The van der Waals surface area contributed by atoms with Gasteiger partial charge in [0.1, 0.15) is 11.9 Å². The highest BCUT2D eigenvalue weighted by Gasteiger charge is 2.28. The quantitative estimate of drug-likeness (QED) is 0.382. The summed E-state index contributed by atoms with van der Waals surface area (Å²) in [6.07, 6.45) is 7.68. The van der Waals surface area contributed by atoms with Crippen LogP contribution in [0.15, 0.2) is 48.1 Å². The molecule has 1 aliphatic rings. The molecule has 0 saturated carbocycles. The topological polar surface area (TPSA) is 44.8 Å². The first kappa shape index (κ1) is 19.4. The van der Waals surface area contributed by atoms with Crippen LogP contribution < -0.4 is 4.74 Å². The van der Waals surface area contributed by atoms with Crippen molar-refractivity contribution in [3.63, 3.8) is 0 Å². The van der Waals surface area contributed by atoms with Crippen molar-refractivity contribution in [1.82, 2.24) is 0 Å². The van der Waals surface area contributed by atoms with E-state index in [1.807, 2.05) is 44.2 Å². The molecule has 0 spiro atoms. The molecule has 0 N–H and O–H groups in total. The minimum absolute atomic E-state index is 0.0548. The predicted molar refractivity (Wildman–Crippen MR) is 98.7 cm³/mol. The second kappa shape index (κ2) is 10.2. The molecule has 25 heavy (non-hydrogen) atoms. The minimum Gasteiger partial charge on any atom is -0.497 e. The van der Waals surface area contributed by atoms with Crippen molar-refractivity contribution in [2.24, 2.45) is 0 Å². The summed E-state index contributed by atoms with van der Waals surface area (Å²) in [5.74, 6) is 0.900. The summed E-state index contributed by atoms with van der Waals surface area (Å²) in [7, 11) is 1.66. The second-order valence-electron chi connectivity index (χ2n) is 6.52. The molecule has 0 radical (unpaired) electrons. The lowest BCUT2D eigenvalue weighted by Gasteiger charge is -2.12. The molecule has 136 valence electrons. The highest BCUT2D eigenvalue weighted by molar-refractivity contribution is 5.93. The Labute approximate surface area is 150 Å². The third-order valence-corrected chi connectivity index (χ3v) is 4.13. The molecular weight excluding hydrogens is 316 g/mol. The van der Waals surface area contributed by atoms with Crippen LogP contribution in [0.2, 0.25) is 0 Å². The molecule has 4 heteroatoms. The van der Waals surface area contributed by atoms with Crippen LogP contribution in [-0.2, 0) is 20.9 Å². The third kappa shape index (κ3) is 6.85. The lowest BCUT2D eigenvalue weighted by atomic mass is 10.1. The summed E-state index contributed by atoms with van der Waals surface area (Å²) < 4.78 is 16.7. The van der Waals surface area contributed by atoms with E-state index in [2.05, 4.69) is 0 Å². The van der Waals surface area contributed by atoms with E-state index >= 15 is 0 Å². The SMILES string of the molecule is COc1ccc(COCC[C@H]2CC[C@H](C(=O)/C=C/C=C(C)C)O2)cc1. The van der Waals surface area contributed by atoms with Crippen molar-refractivity contribution < 1.29 is 19.0 Å². The van der Waals surface area contributed by atoms with E-state index in [1.54, 1.807) is 19.3 Å². The number of ether oxygens (including phenoxy) is 3. The molecule has 1 aliphatic heterocycles. The van der Waals surface area contributed by atoms with E-state index in [1.165, 1.54) is 5.57 Å². The van der Waals surface area contributed by atoms with Crippen LogP contribution in [-0.4, -0.2) is 31.7 Å². The van der Waals surface area contributed by atoms with Crippen molar-refractivity contribution in [1.29, 1.82) is 0 Å². The number of rotatable bonds is 9. The average molecular weight is 344 g/mol. The summed E-state index contributed by atoms with van der Waals surface area (Å²) in [6.45, 7) is 5.21. The maximum Gasteiger partial charge on any atom is 0.184 e. The lowest BCUT2D eigenvalue weighted by Crippen LogP contribution is -2.20. The van der Waals surface area contributed by atoms with Gasteiger partial charge >= 0.3 is 0 Å². The first-order valence-electron chi connectivity index (χ1n) is 8.80. The van der Waals surface area contributed by atoms with Crippen LogP contribution in [0, 0.1) is 0 Å². The highest BCUT2D eigenvalue weighted by atomic mass is 16.5. The average Bonchev–Trinajstić information content (AvgIpc) is 3.08. The van der Waals surface area contributed by atoms with Gasteiger partial charge in [0.25, 0.3) is 0 Å². The molecule has 1 saturated heterocycles. The molecule has 0 aliphatic carbocycles. The fourth-order valence-electron chi connectivity index (χ4n) is 2.70. The molecule has 0 unspecified atom stereocenters. The molecule has 0 bridgehead atoms. The molecule has 0 amide bonds. The van der Waals surface area contributed by atoms with Gasteiger partial charge in [-0.3, -0.25) is 4.79 Å². The Morgan fingerprint density at radius 3 is 2.68 bits per heavy atom. The number of ketones is 1. The predicted octanol–water partition coefficient (Wildman–Crippen LogP) is 4.24. The Kier molecular flexibility index (Phi) is 7.89. The number of carbonyl (C=O) groups excluding carboxylic acids is 1. The van der Waals surface area contributed by atoms with Crippen LogP contribution in [0.25, 0.3) is 0 Å². The largest absolute Gasteiger partial charge is 0.497 e. The Hall–Kier alpha value is -1.91.